The van der Waals surface area contributed by atoms with Gasteiger partial charge in [-0.05, 0) is 54.1 Å². The average molecular weight is 474 g/mol. The largest absolute Gasteiger partial charge is 0.508 e. The first-order valence-corrected chi connectivity index (χ1v) is 11.7. The Bertz CT molecular complexity index is 1680. The molecule has 0 aliphatic rings. The monoisotopic (exact) mass is 473 g/mol. The molecule has 5 aromatic rings. The maximum absolute atomic E-state index is 13.6. The number of phenols is 1. The van der Waals surface area contributed by atoms with Crippen molar-refractivity contribution in [3.05, 3.63) is 78.4 Å². The fourth-order valence-corrected chi connectivity index (χ4v) is 5.09. The fraction of sp³-hybridized carbons (Fsp3) is 0.0417. The molecule has 0 atom stereocenters. The van der Waals surface area contributed by atoms with E-state index in [0.717, 1.165) is 0 Å². The summed E-state index contributed by atoms with van der Waals surface area (Å²) in [6.07, 6.45) is 1.45. The smallest absolute Gasteiger partial charge is 0.212 e. The van der Waals surface area contributed by atoms with E-state index in [0.29, 0.717) is 22.3 Å². The molecule has 0 aliphatic heterocycles. The van der Waals surface area contributed by atoms with Gasteiger partial charge in [0, 0.05) is 0 Å². The van der Waals surface area contributed by atoms with Gasteiger partial charge in [0.15, 0.2) is 5.65 Å². The van der Waals surface area contributed by atoms with E-state index in [9.17, 15) is 13.5 Å². The Balaban J connectivity index is 1.77. The number of aromatic nitrogens is 3. The van der Waals surface area contributed by atoms with E-state index in [1.54, 1.807) is 42.5 Å². The Labute approximate surface area is 194 Å². The molecule has 5 rings (SSSR count). The first-order chi connectivity index (χ1) is 16.4. The summed E-state index contributed by atoms with van der Waals surface area (Å²) in [6, 6.07) is 19.6. The molecular formula is C24H19N5O4S. The number of nitrogens with zero attached hydrogens (tertiary/aromatic N) is 4. The standard InChI is InChI=1S/C24H19N5O4S/c1-33-17-9-11-18(12-10-17)34(31,32)22-21-24(28-20-8-3-2-7-19(20)27-21)29(23(22)25)26-14-15-5-4-6-16(30)13-15/h2-14,30H,25H2,1H3. The molecule has 2 heterocycles. The van der Waals surface area contributed by atoms with E-state index < -0.39 is 9.84 Å². The highest BCUT2D eigenvalue weighted by Gasteiger charge is 2.30. The van der Waals surface area contributed by atoms with Crippen LogP contribution in [0.15, 0.2) is 87.7 Å². The molecule has 2 aromatic heterocycles. The zero-order valence-electron chi connectivity index (χ0n) is 18.0. The molecule has 3 aromatic carbocycles. The molecule has 3 N–H and O–H groups in total. The highest BCUT2D eigenvalue weighted by Crippen LogP contribution is 2.35. The molecule has 0 aliphatic carbocycles. The zero-order valence-corrected chi connectivity index (χ0v) is 18.8. The molecule has 34 heavy (non-hydrogen) atoms. The second-order valence-electron chi connectivity index (χ2n) is 7.43. The number of aromatic hydroxyl groups is 1. The van der Waals surface area contributed by atoms with E-state index in [1.165, 1.54) is 42.3 Å². The second-order valence-corrected chi connectivity index (χ2v) is 9.32. The van der Waals surface area contributed by atoms with E-state index in [2.05, 4.69) is 15.1 Å². The van der Waals surface area contributed by atoms with Crippen LogP contribution in [0.2, 0.25) is 0 Å². The predicted molar refractivity (Wildman–Crippen MR) is 129 cm³/mol. The van der Waals surface area contributed by atoms with E-state index in [4.69, 9.17) is 10.5 Å². The number of para-hydroxylation sites is 2. The number of hydrogen-bond donors (Lipinski definition) is 2. The maximum Gasteiger partial charge on any atom is 0.212 e. The van der Waals surface area contributed by atoms with Crippen molar-refractivity contribution in [3.63, 3.8) is 0 Å². The summed E-state index contributed by atoms with van der Waals surface area (Å²) in [5.74, 6) is 0.469. The minimum Gasteiger partial charge on any atom is -0.508 e. The van der Waals surface area contributed by atoms with Crippen LogP contribution in [0.4, 0.5) is 5.82 Å². The molecule has 0 amide bonds. The van der Waals surface area contributed by atoms with Crippen LogP contribution < -0.4 is 10.5 Å². The number of benzene rings is 3. The lowest BCUT2D eigenvalue weighted by atomic mass is 10.2. The van der Waals surface area contributed by atoms with Gasteiger partial charge in [-0.3, -0.25) is 0 Å². The first kappa shape index (κ1) is 21.4. The van der Waals surface area contributed by atoms with Gasteiger partial charge in [0.05, 0.1) is 29.3 Å². The van der Waals surface area contributed by atoms with Crippen molar-refractivity contribution in [1.82, 2.24) is 14.6 Å². The summed E-state index contributed by atoms with van der Waals surface area (Å²) in [4.78, 5) is 9.02. The van der Waals surface area contributed by atoms with Crippen LogP contribution in [-0.4, -0.2) is 41.5 Å². The highest BCUT2D eigenvalue weighted by atomic mass is 32.2. The minimum atomic E-state index is -4.08. The third-order valence-corrected chi connectivity index (χ3v) is 7.09. The van der Waals surface area contributed by atoms with Crippen LogP contribution in [0.5, 0.6) is 11.5 Å². The first-order valence-electron chi connectivity index (χ1n) is 10.2. The number of rotatable bonds is 5. The number of anilines is 1. The summed E-state index contributed by atoms with van der Waals surface area (Å²) in [7, 11) is -2.58. The van der Waals surface area contributed by atoms with E-state index in [1.807, 2.05) is 6.07 Å². The quantitative estimate of drug-likeness (QED) is 0.373. The number of nitrogen functional groups attached to an aromatic ring is 1. The minimum absolute atomic E-state index is 0.0333. The van der Waals surface area contributed by atoms with Crippen molar-refractivity contribution >= 4 is 44.1 Å². The lowest BCUT2D eigenvalue weighted by Crippen LogP contribution is -2.06. The molecule has 0 saturated carbocycles. The van der Waals surface area contributed by atoms with Crippen LogP contribution in [0.25, 0.3) is 22.2 Å². The summed E-state index contributed by atoms with van der Waals surface area (Å²) in [5.41, 5.74) is 8.35. The SMILES string of the molecule is COc1ccc(S(=O)(=O)c2c(N)n(N=Cc3cccc(O)c3)c3nc4ccccc4nc23)cc1. The Hall–Kier alpha value is -4.44. The van der Waals surface area contributed by atoms with Gasteiger partial charge in [-0.1, -0.05) is 24.3 Å². The molecule has 0 bridgehead atoms. The number of nitrogens with two attached hydrogens (primary N) is 1. The average Bonchev–Trinajstić information content (AvgIpc) is 3.12. The van der Waals surface area contributed by atoms with E-state index in [-0.39, 0.29) is 32.5 Å². The van der Waals surface area contributed by atoms with Crippen molar-refractivity contribution in [2.45, 2.75) is 9.79 Å². The fourth-order valence-electron chi connectivity index (χ4n) is 3.61. The normalized spacial score (nSPS) is 12.0. The number of methoxy groups -OCH3 is 1. The number of sulfone groups is 1. The Morgan fingerprint density at radius 3 is 2.38 bits per heavy atom. The van der Waals surface area contributed by atoms with Gasteiger partial charge in [-0.15, -0.1) is 0 Å². The van der Waals surface area contributed by atoms with Crippen molar-refractivity contribution in [3.8, 4) is 11.5 Å². The summed E-state index contributed by atoms with van der Waals surface area (Å²) in [5, 5.41) is 14.1. The van der Waals surface area contributed by atoms with E-state index >= 15 is 0 Å². The van der Waals surface area contributed by atoms with Crippen molar-refractivity contribution in [1.29, 1.82) is 0 Å². The van der Waals surface area contributed by atoms with Gasteiger partial charge >= 0.3 is 0 Å². The molecule has 9 nitrogen and oxygen atoms in total. The lowest BCUT2D eigenvalue weighted by Gasteiger charge is -2.06. The Morgan fingerprint density at radius 2 is 1.71 bits per heavy atom. The van der Waals surface area contributed by atoms with Crippen molar-refractivity contribution in [2.24, 2.45) is 5.10 Å². The van der Waals surface area contributed by atoms with Gasteiger partial charge in [-0.2, -0.15) is 9.78 Å². The highest BCUT2D eigenvalue weighted by molar-refractivity contribution is 7.92. The number of hydrogen-bond acceptors (Lipinski definition) is 8. The molecule has 10 heteroatoms. The molecule has 0 radical (unpaired) electrons. The summed E-state index contributed by atoms with van der Waals surface area (Å²) >= 11 is 0. The van der Waals surface area contributed by atoms with Crippen LogP contribution >= 0.6 is 0 Å². The molecule has 170 valence electrons. The van der Waals surface area contributed by atoms with Crippen molar-refractivity contribution < 1.29 is 18.3 Å². The van der Waals surface area contributed by atoms with Gasteiger partial charge in [0.1, 0.15) is 27.7 Å². The Morgan fingerprint density at radius 1 is 1.00 bits per heavy atom. The topological polar surface area (TPSA) is 133 Å². The van der Waals surface area contributed by atoms with Gasteiger partial charge in [0.25, 0.3) is 0 Å². The van der Waals surface area contributed by atoms with Crippen LogP contribution in [-0.2, 0) is 9.84 Å². The number of fused-ring (bicyclic) bond motifs is 2. The zero-order chi connectivity index (χ0) is 23.9. The molecule has 0 fully saturated rings. The summed E-state index contributed by atoms with van der Waals surface area (Å²) < 4.78 is 33.7. The molecule has 0 unspecified atom stereocenters. The van der Waals surface area contributed by atoms with Gasteiger partial charge < -0.3 is 15.6 Å². The predicted octanol–water partition coefficient (Wildman–Crippen LogP) is 3.60. The van der Waals surface area contributed by atoms with Crippen LogP contribution in [0.1, 0.15) is 5.56 Å². The second kappa shape index (κ2) is 8.16. The molecule has 0 saturated heterocycles. The van der Waals surface area contributed by atoms with Gasteiger partial charge in [0.2, 0.25) is 9.84 Å². The molecular weight excluding hydrogens is 454 g/mol. The number of ether oxygens (including phenoxy) is 1. The third-order valence-electron chi connectivity index (χ3n) is 5.26. The molecule has 0 spiro atoms. The van der Waals surface area contributed by atoms with Crippen molar-refractivity contribution in [2.75, 3.05) is 12.8 Å². The van der Waals surface area contributed by atoms with Crippen LogP contribution in [0.3, 0.4) is 0 Å². The van der Waals surface area contributed by atoms with Crippen LogP contribution in [0, 0.1) is 0 Å². The summed E-state index contributed by atoms with van der Waals surface area (Å²) in [6.45, 7) is 0. The third kappa shape index (κ3) is 3.59. The lowest BCUT2D eigenvalue weighted by molar-refractivity contribution is 0.414. The number of phenolic OH excluding ortho intramolecular Hbond substituents is 1. The Kier molecular flexibility index (Phi) is 5.14. The van der Waals surface area contributed by atoms with Gasteiger partial charge in [-0.25, -0.2) is 18.4 Å². The maximum atomic E-state index is 13.6.